The molecule has 0 radical (unpaired) electrons. The van der Waals surface area contributed by atoms with Gasteiger partial charge in [0.05, 0.1) is 6.61 Å². The summed E-state index contributed by atoms with van der Waals surface area (Å²) in [5, 5.41) is 17.7. The number of carbonyl (C=O) groups excluding carboxylic acids is 1. The molecular formula is C11H13N5O2. The van der Waals surface area contributed by atoms with Gasteiger partial charge in [-0.05, 0) is 11.1 Å². The highest BCUT2D eigenvalue weighted by Gasteiger charge is 2.09. The Kier molecular flexibility index (Phi) is 3.54. The lowest BCUT2D eigenvalue weighted by molar-refractivity contribution is 0.0941. The lowest BCUT2D eigenvalue weighted by Gasteiger charge is -2.04. The van der Waals surface area contributed by atoms with Crippen LogP contribution in [-0.4, -0.2) is 26.2 Å². The second kappa shape index (κ2) is 5.28. The molecular weight excluding hydrogens is 234 g/mol. The third-order valence-electron chi connectivity index (χ3n) is 2.34. The molecule has 1 heterocycles. The number of carbonyl (C=O) groups is 1. The highest BCUT2D eigenvalue weighted by molar-refractivity contribution is 5.90. The van der Waals surface area contributed by atoms with E-state index in [0.29, 0.717) is 6.54 Å². The topological polar surface area (TPSA) is 117 Å². The minimum Gasteiger partial charge on any atom is -0.392 e. The number of nitrogen functional groups attached to an aromatic ring is 1. The second-order valence-electron chi connectivity index (χ2n) is 3.70. The van der Waals surface area contributed by atoms with Gasteiger partial charge in [-0.1, -0.05) is 24.3 Å². The van der Waals surface area contributed by atoms with Gasteiger partial charge in [-0.2, -0.15) is 4.98 Å². The monoisotopic (exact) mass is 247 g/mol. The van der Waals surface area contributed by atoms with Crippen LogP contribution in [0.2, 0.25) is 0 Å². The summed E-state index contributed by atoms with van der Waals surface area (Å²) in [5.74, 6) is -0.276. The zero-order valence-electron chi connectivity index (χ0n) is 9.55. The molecule has 1 amide bonds. The fourth-order valence-electron chi connectivity index (χ4n) is 1.48. The summed E-state index contributed by atoms with van der Waals surface area (Å²) < 4.78 is 0. The van der Waals surface area contributed by atoms with Crippen molar-refractivity contribution in [1.29, 1.82) is 0 Å². The Labute approximate surface area is 103 Å². The lowest BCUT2D eigenvalue weighted by atomic mass is 10.1. The van der Waals surface area contributed by atoms with Gasteiger partial charge < -0.3 is 16.2 Å². The highest BCUT2D eigenvalue weighted by atomic mass is 16.3. The Morgan fingerprint density at radius 1 is 1.44 bits per heavy atom. The molecule has 0 aliphatic carbocycles. The van der Waals surface area contributed by atoms with Gasteiger partial charge in [-0.15, -0.1) is 5.10 Å². The van der Waals surface area contributed by atoms with Crippen molar-refractivity contribution < 1.29 is 9.90 Å². The number of nitrogens with one attached hydrogen (secondary N) is 2. The number of aromatic nitrogens is 3. The van der Waals surface area contributed by atoms with Gasteiger partial charge in [0.15, 0.2) is 0 Å². The van der Waals surface area contributed by atoms with E-state index in [-0.39, 0.29) is 24.3 Å². The Morgan fingerprint density at radius 2 is 2.22 bits per heavy atom. The van der Waals surface area contributed by atoms with Crippen LogP contribution in [0.4, 0.5) is 5.95 Å². The van der Waals surface area contributed by atoms with Crippen molar-refractivity contribution in [2.24, 2.45) is 0 Å². The zero-order valence-corrected chi connectivity index (χ0v) is 9.55. The quantitative estimate of drug-likeness (QED) is 0.597. The van der Waals surface area contributed by atoms with Crippen LogP contribution in [0.5, 0.6) is 0 Å². The van der Waals surface area contributed by atoms with Gasteiger partial charge in [-0.3, -0.25) is 9.89 Å². The summed E-state index contributed by atoms with van der Waals surface area (Å²) in [5.41, 5.74) is 6.99. The molecule has 0 fully saturated rings. The van der Waals surface area contributed by atoms with Crippen LogP contribution in [-0.2, 0) is 13.2 Å². The van der Waals surface area contributed by atoms with Crippen LogP contribution >= 0.6 is 0 Å². The summed E-state index contributed by atoms with van der Waals surface area (Å²) >= 11 is 0. The number of anilines is 1. The molecule has 2 aromatic rings. The largest absolute Gasteiger partial charge is 0.392 e. The zero-order chi connectivity index (χ0) is 13.0. The SMILES string of the molecule is Nc1n[nH]c(C(=O)NCc2cccc(CO)c2)n1. The number of amides is 1. The van der Waals surface area contributed by atoms with Gasteiger partial charge in [-0.25, -0.2) is 0 Å². The Morgan fingerprint density at radius 3 is 2.89 bits per heavy atom. The predicted molar refractivity (Wildman–Crippen MR) is 64.3 cm³/mol. The summed E-state index contributed by atoms with van der Waals surface area (Å²) in [4.78, 5) is 15.4. The van der Waals surface area contributed by atoms with Gasteiger partial charge >= 0.3 is 0 Å². The number of aliphatic hydroxyl groups is 1. The highest BCUT2D eigenvalue weighted by Crippen LogP contribution is 2.05. The molecule has 0 aliphatic rings. The van der Waals surface area contributed by atoms with Gasteiger partial charge in [0, 0.05) is 6.54 Å². The summed E-state index contributed by atoms with van der Waals surface area (Å²) in [6, 6.07) is 7.30. The molecule has 0 bridgehead atoms. The van der Waals surface area contributed by atoms with E-state index >= 15 is 0 Å². The Bertz CT molecular complexity index is 552. The van der Waals surface area contributed by atoms with E-state index in [4.69, 9.17) is 10.8 Å². The van der Waals surface area contributed by atoms with Crippen molar-refractivity contribution in [3.8, 4) is 0 Å². The van der Waals surface area contributed by atoms with Crippen molar-refractivity contribution in [2.45, 2.75) is 13.2 Å². The standard InChI is InChI=1S/C11H13N5O2/c12-11-14-9(15-16-11)10(18)13-5-7-2-1-3-8(4-7)6-17/h1-4,17H,5-6H2,(H,13,18)(H3,12,14,15,16). The van der Waals surface area contributed by atoms with Crippen molar-refractivity contribution in [2.75, 3.05) is 5.73 Å². The first kappa shape index (κ1) is 12.1. The average Bonchev–Trinajstić information content (AvgIpc) is 2.83. The summed E-state index contributed by atoms with van der Waals surface area (Å²) in [6.45, 7) is 0.313. The van der Waals surface area contributed by atoms with E-state index in [1.165, 1.54) is 0 Å². The molecule has 0 aliphatic heterocycles. The molecule has 0 saturated carbocycles. The second-order valence-corrected chi connectivity index (χ2v) is 3.70. The maximum absolute atomic E-state index is 11.6. The number of rotatable bonds is 4. The maximum Gasteiger partial charge on any atom is 0.288 e. The van der Waals surface area contributed by atoms with Gasteiger partial charge in [0.2, 0.25) is 11.8 Å². The first-order valence-electron chi connectivity index (χ1n) is 5.34. The van der Waals surface area contributed by atoms with E-state index in [9.17, 15) is 4.79 Å². The third-order valence-corrected chi connectivity index (χ3v) is 2.34. The summed E-state index contributed by atoms with van der Waals surface area (Å²) in [7, 11) is 0. The molecule has 0 atom stereocenters. The van der Waals surface area contributed by atoms with Crippen LogP contribution in [0, 0.1) is 0 Å². The van der Waals surface area contributed by atoms with Gasteiger partial charge in [0.25, 0.3) is 5.91 Å². The number of benzene rings is 1. The predicted octanol–water partition coefficient (Wildman–Crippen LogP) is -0.191. The number of hydrogen-bond acceptors (Lipinski definition) is 5. The molecule has 1 aromatic carbocycles. The molecule has 1 aromatic heterocycles. The minimum atomic E-state index is -0.381. The van der Waals surface area contributed by atoms with E-state index in [2.05, 4.69) is 20.5 Å². The molecule has 0 unspecified atom stereocenters. The number of H-pyrrole nitrogens is 1. The number of nitrogens with zero attached hydrogens (tertiary/aromatic N) is 2. The fraction of sp³-hybridized carbons (Fsp3) is 0.182. The number of nitrogens with two attached hydrogens (primary N) is 1. The Hall–Kier alpha value is -2.41. The maximum atomic E-state index is 11.6. The normalized spacial score (nSPS) is 10.3. The van der Waals surface area contributed by atoms with E-state index in [1.54, 1.807) is 0 Å². The smallest absolute Gasteiger partial charge is 0.288 e. The van der Waals surface area contributed by atoms with Crippen LogP contribution < -0.4 is 11.1 Å². The van der Waals surface area contributed by atoms with E-state index in [0.717, 1.165) is 11.1 Å². The fourth-order valence-corrected chi connectivity index (χ4v) is 1.48. The Balaban J connectivity index is 1.97. The van der Waals surface area contributed by atoms with Crippen molar-refractivity contribution in [3.63, 3.8) is 0 Å². The molecule has 18 heavy (non-hydrogen) atoms. The van der Waals surface area contributed by atoms with Crippen molar-refractivity contribution >= 4 is 11.9 Å². The minimum absolute atomic E-state index is 0.0274. The molecule has 7 heteroatoms. The molecule has 94 valence electrons. The average molecular weight is 247 g/mol. The molecule has 0 spiro atoms. The molecule has 0 saturated heterocycles. The van der Waals surface area contributed by atoms with Gasteiger partial charge in [0.1, 0.15) is 0 Å². The number of aliphatic hydroxyl groups excluding tert-OH is 1. The number of aromatic amines is 1. The molecule has 5 N–H and O–H groups in total. The van der Waals surface area contributed by atoms with Crippen LogP contribution in [0.1, 0.15) is 21.7 Å². The van der Waals surface area contributed by atoms with Crippen molar-refractivity contribution in [1.82, 2.24) is 20.5 Å². The van der Waals surface area contributed by atoms with Crippen LogP contribution in [0.15, 0.2) is 24.3 Å². The third kappa shape index (κ3) is 2.83. The van der Waals surface area contributed by atoms with Crippen molar-refractivity contribution in [3.05, 3.63) is 41.2 Å². The van der Waals surface area contributed by atoms with Crippen LogP contribution in [0.3, 0.4) is 0 Å². The number of hydrogen-bond donors (Lipinski definition) is 4. The lowest BCUT2D eigenvalue weighted by Crippen LogP contribution is -2.24. The molecule has 7 nitrogen and oxygen atoms in total. The summed E-state index contributed by atoms with van der Waals surface area (Å²) in [6.07, 6.45) is 0. The van der Waals surface area contributed by atoms with E-state index < -0.39 is 0 Å². The first-order valence-corrected chi connectivity index (χ1v) is 5.34. The first-order chi connectivity index (χ1) is 8.69. The molecule has 2 rings (SSSR count). The van der Waals surface area contributed by atoms with E-state index in [1.807, 2.05) is 24.3 Å². The van der Waals surface area contributed by atoms with Crippen LogP contribution in [0.25, 0.3) is 0 Å².